The van der Waals surface area contributed by atoms with E-state index in [2.05, 4.69) is 11.7 Å². The Morgan fingerprint density at radius 3 is 2.36 bits per heavy atom. The second-order valence-corrected chi connectivity index (χ2v) is 3.55. The van der Waals surface area contributed by atoms with Crippen LogP contribution in [0.25, 0.3) is 0 Å². The Hall–Kier alpha value is -0.600. The Morgan fingerprint density at radius 1 is 1.21 bits per heavy atom. The number of alkyl halides is 1. The Morgan fingerprint density at radius 2 is 1.79 bits per heavy atom. The predicted molar refractivity (Wildman–Crippen MR) is 54.9 cm³/mol. The summed E-state index contributed by atoms with van der Waals surface area (Å²) in [5, 5.41) is 0. The second-order valence-electron chi connectivity index (χ2n) is 3.55. The molecule has 0 N–H and O–H groups in total. The summed E-state index contributed by atoms with van der Waals surface area (Å²) in [7, 11) is 1.22. The van der Waals surface area contributed by atoms with E-state index in [1.165, 1.54) is 26.4 Å². The van der Waals surface area contributed by atoms with Gasteiger partial charge >= 0.3 is 5.97 Å². The number of rotatable bonds is 8. The van der Waals surface area contributed by atoms with Crippen LogP contribution in [0, 0.1) is 0 Å². The predicted octanol–water partition coefficient (Wildman–Crippen LogP) is 3.25. The number of carbonyl (C=O) groups is 1. The third-order valence-corrected chi connectivity index (χ3v) is 2.27. The average Bonchev–Trinajstić information content (AvgIpc) is 2.21. The van der Waals surface area contributed by atoms with Crippen molar-refractivity contribution in [3.8, 4) is 0 Å². The summed E-state index contributed by atoms with van der Waals surface area (Å²) in [6.45, 7) is 2.16. The number of hydrogen-bond donors (Lipinski definition) is 0. The summed E-state index contributed by atoms with van der Waals surface area (Å²) in [6.07, 6.45) is 5.49. The van der Waals surface area contributed by atoms with Crippen LogP contribution in [0.3, 0.4) is 0 Å². The van der Waals surface area contributed by atoms with E-state index in [1.807, 2.05) is 0 Å². The molecule has 14 heavy (non-hydrogen) atoms. The first-order chi connectivity index (χ1) is 6.72. The summed E-state index contributed by atoms with van der Waals surface area (Å²) in [6, 6.07) is 0. The van der Waals surface area contributed by atoms with Gasteiger partial charge in [0.1, 0.15) is 0 Å². The molecular weight excluding hydrogens is 183 g/mol. The maximum absolute atomic E-state index is 12.9. The van der Waals surface area contributed by atoms with Crippen molar-refractivity contribution >= 4 is 5.97 Å². The molecule has 0 bridgehead atoms. The molecule has 0 aliphatic rings. The van der Waals surface area contributed by atoms with Gasteiger partial charge in [-0.3, -0.25) is 0 Å². The van der Waals surface area contributed by atoms with Crippen LogP contribution in [0.4, 0.5) is 4.39 Å². The molecule has 0 heterocycles. The third kappa shape index (κ3) is 6.87. The molecule has 0 rings (SSSR count). The van der Waals surface area contributed by atoms with E-state index in [0.717, 1.165) is 19.3 Å². The highest BCUT2D eigenvalue weighted by molar-refractivity contribution is 5.74. The largest absolute Gasteiger partial charge is 0.467 e. The Labute approximate surface area is 85.8 Å². The van der Waals surface area contributed by atoms with Crippen molar-refractivity contribution < 1.29 is 13.9 Å². The van der Waals surface area contributed by atoms with Crippen LogP contribution in [0.15, 0.2) is 0 Å². The monoisotopic (exact) mass is 204 g/mol. The average molecular weight is 204 g/mol. The van der Waals surface area contributed by atoms with E-state index in [9.17, 15) is 9.18 Å². The lowest BCUT2D eigenvalue weighted by molar-refractivity contribution is -0.146. The lowest BCUT2D eigenvalue weighted by Gasteiger charge is -2.05. The van der Waals surface area contributed by atoms with Gasteiger partial charge < -0.3 is 4.74 Å². The zero-order valence-corrected chi connectivity index (χ0v) is 9.22. The van der Waals surface area contributed by atoms with Crippen LogP contribution in [0.1, 0.15) is 51.9 Å². The summed E-state index contributed by atoms with van der Waals surface area (Å²) in [5.74, 6) is -0.737. The van der Waals surface area contributed by atoms with Gasteiger partial charge in [0.25, 0.3) is 0 Å². The van der Waals surface area contributed by atoms with Crippen molar-refractivity contribution in [3.63, 3.8) is 0 Å². The molecule has 1 unspecified atom stereocenters. The Bertz CT molecular complexity index is 148. The van der Waals surface area contributed by atoms with Gasteiger partial charge in [-0.1, -0.05) is 39.0 Å². The lowest BCUT2D eigenvalue weighted by Crippen LogP contribution is -2.16. The Balaban J connectivity index is 3.23. The fourth-order valence-electron chi connectivity index (χ4n) is 1.35. The van der Waals surface area contributed by atoms with Crippen LogP contribution < -0.4 is 0 Å². The van der Waals surface area contributed by atoms with Gasteiger partial charge in [-0.05, 0) is 12.8 Å². The molecule has 0 amide bonds. The molecule has 0 aliphatic heterocycles. The van der Waals surface area contributed by atoms with Crippen molar-refractivity contribution in [3.05, 3.63) is 0 Å². The minimum Gasteiger partial charge on any atom is -0.467 e. The van der Waals surface area contributed by atoms with Crippen molar-refractivity contribution in [1.82, 2.24) is 0 Å². The number of methoxy groups -OCH3 is 1. The lowest BCUT2D eigenvalue weighted by atomic mass is 10.1. The SMILES string of the molecule is CCCCCCCCC(F)C(=O)OC. The summed E-state index contributed by atoms with van der Waals surface area (Å²) >= 11 is 0. The van der Waals surface area contributed by atoms with Gasteiger partial charge in [0.15, 0.2) is 6.17 Å². The number of hydrogen-bond acceptors (Lipinski definition) is 2. The van der Waals surface area contributed by atoms with Crippen LogP contribution in [-0.4, -0.2) is 19.3 Å². The van der Waals surface area contributed by atoms with Gasteiger partial charge in [-0.25, -0.2) is 9.18 Å². The summed E-state index contributed by atoms with van der Waals surface area (Å²) in [4.78, 5) is 10.7. The molecule has 0 saturated carbocycles. The van der Waals surface area contributed by atoms with Crippen molar-refractivity contribution in [2.24, 2.45) is 0 Å². The number of halogens is 1. The van der Waals surface area contributed by atoms with Crippen LogP contribution in [0.5, 0.6) is 0 Å². The molecule has 2 nitrogen and oxygen atoms in total. The van der Waals surface area contributed by atoms with E-state index < -0.39 is 12.1 Å². The zero-order chi connectivity index (χ0) is 10.8. The maximum atomic E-state index is 12.9. The van der Waals surface area contributed by atoms with E-state index in [1.54, 1.807) is 0 Å². The highest BCUT2D eigenvalue weighted by Gasteiger charge is 2.16. The molecule has 0 fully saturated rings. The van der Waals surface area contributed by atoms with Gasteiger partial charge in [0, 0.05) is 0 Å². The number of unbranched alkanes of at least 4 members (excludes halogenated alkanes) is 5. The quantitative estimate of drug-likeness (QED) is 0.448. The first-order valence-electron chi connectivity index (χ1n) is 5.44. The fraction of sp³-hybridized carbons (Fsp3) is 0.909. The van der Waals surface area contributed by atoms with Crippen molar-refractivity contribution in [2.45, 2.75) is 58.0 Å². The smallest absolute Gasteiger partial charge is 0.340 e. The molecule has 0 saturated heterocycles. The minimum atomic E-state index is -1.42. The van der Waals surface area contributed by atoms with E-state index in [4.69, 9.17) is 0 Å². The van der Waals surface area contributed by atoms with Crippen LogP contribution >= 0.6 is 0 Å². The number of ether oxygens (including phenoxy) is 1. The normalized spacial score (nSPS) is 12.5. The molecule has 84 valence electrons. The van der Waals surface area contributed by atoms with E-state index in [-0.39, 0.29) is 0 Å². The maximum Gasteiger partial charge on any atom is 0.340 e. The molecule has 0 aromatic heterocycles. The molecule has 3 heteroatoms. The zero-order valence-electron chi connectivity index (χ0n) is 9.22. The molecule has 0 aliphatic carbocycles. The van der Waals surface area contributed by atoms with E-state index >= 15 is 0 Å². The van der Waals surface area contributed by atoms with Gasteiger partial charge in [-0.15, -0.1) is 0 Å². The Kier molecular flexibility index (Phi) is 8.59. The van der Waals surface area contributed by atoms with Crippen molar-refractivity contribution in [1.29, 1.82) is 0 Å². The highest BCUT2D eigenvalue weighted by atomic mass is 19.1. The minimum absolute atomic E-state index is 0.304. The first-order valence-corrected chi connectivity index (χ1v) is 5.44. The standard InChI is InChI=1S/C11H21FO2/c1-3-4-5-6-7-8-9-10(12)11(13)14-2/h10H,3-9H2,1-2H3. The molecule has 0 radical (unpaired) electrons. The third-order valence-electron chi connectivity index (χ3n) is 2.27. The summed E-state index contributed by atoms with van der Waals surface area (Å²) in [5.41, 5.74) is 0. The molecule has 0 spiro atoms. The molecular formula is C11H21FO2. The second kappa shape index (κ2) is 8.97. The number of carbonyl (C=O) groups excluding carboxylic acids is 1. The molecule has 1 atom stereocenters. The van der Waals surface area contributed by atoms with Gasteiger partial charge in [-0.2, -0.15) is 0 Å². The van der Waals surface area contributed by atoms with E-state index in [0.29, 0.717) is 6.42 Å². The highest BCUT2D eigenvalue weighted by Crippen LogP contribution is 2.10. The van der Waals surface area contributed by atoms with Crippen LogP contribution in [0.2, 0.25) is 0 Å². The van der Waals surface area contributed by atoms with Crippen LogP contribution in [-0.2, 0) is 9.53 Å². The fourth-order valence-corrected chi connectivity index (χ4v) is 1.35. The van der Waals surface area contributed by atoms with Gasteiger partial charge in [0.2, 0.25) is 0 Å². The number of esters is 1. The molecule has 0 aromatic rings. The topological polar surface area (TPSA) is 26.3 Å². The summed E-state index contributed by atoms with van der Waals surface area (Å²) < 4.78 is 17.2. The first kappa shape index (κ1) is 13.4. The molecule has 0 aromatic carbocycles. The van der Waals surface area contributed by atoms with Gasteiger partial charge in [0.05, 0.1) is 7.11 Å². The van der Waals surface area contributed by atoms with Crippen molar-refractivity contribution in [2.75, 3.05) is 7.11 Å².